The van der Waals surface area contributed by atoms with E-state index in [-0.39, 0.29) is 5.91 Å². The minimum Gasteiger partial charge on any atom is -0.325 e. The number of imidazole rings is 1. The third kappa shape index (κ3) is 3.83. The monoisotopic (exact) mass is 373 g/mol. The molecule has 4 nitrogen and oxygen atoms in total. The Kier molecular flexibility index (Phi) is 5.06. The number of nitrogens with zero attached hydrogens (tertiary/aromatic N) is 2. The van der Waals surface area contributed by atoms with Gasteiger partial charge in [0.05, 0.1) is 16.8 Å². The molecule has 1 heterocycles. The standard InChI is InChI=1S/C19H20ClN3OS/c1-11-7-12(2)18(13(3)8-11)22-17(24)10-25-19-21-15-9-14(20)5-6-16(15)23(19)4/h5-9H,10H2,1-4H3,(H,22,24). The third-order valence-corrected chi connectivity index (χ3v) is 5.34. The summed E-state index contributed by atoms with van der Waals surface area (Å²) in [6.45, 7) is 6.08. The van der Waals surface area contributed by atoms with Crippen LogP contribution in [0.4, 0.5) is 5.69 Å². The highest BCUT2D eigenvalue weighted by Crippen LogP contribution is 2.26. The number of benzene rings is 2. The Labute approximate surface area is 156 Å². The molecule has 0 spiro atoms. The number of aryl methyl sites for hydroxylation is 4. The molecule has 0 saturated carbocycles. The molecule has 130 valence electrons. The van der Waals surface area contributed by atoms with Gasteiger partial charge in [-0.3, -0.25) is 4.79 Å². The average molecular weight is 374 g/mol. The molecule has 1 N–H and O–H groups in total. The van der Waals surface area contributed by atoms with E-state index in [1.165, 1.54) is 17.3 Å². The molecule has 0 saturated heterocycles. The summed E-state index contributed by atoms with van der Waals surface area (Å²) in [5, 5.41) is 4.47. The Morgan fingerprint density at radius 3 is 2.56 bits per heavy atom. The van der Waals surface area contributed by atoms with Crippen LogP contribution in [-0.2, 0) is 11.8 Å². The van der Waals surface area contributed by atoms with Crippen molar-refractivity contribution in [3.05, 3.63) is 52.0 Å². The number of nitrogens with one attached hydrogen (secondary N) is 1. The molecule has 0 aliphatic heterocycles. The van der Waals surface area contributed by atoms with E-state index in [4.69, 9.17) is 11.6 Å². The fraction of sp³-hybridized carbons (Fsp3) is 0.263. The first-order valence-corrected chi connectivity index (χ1v) is 9.34. The molecule has 6 heteroatoms. The number of hydrogen-bond acceptors (Lipinski definition) is 3. The van der Waals surface area contributed by atoms with Gasteiger partial charge in [-0.25, -0.2) is 4.98 Å². The average Bonchev–Trinajstić information content (AvgIpc) is 2.84. The minimum absolute atomic E-state index is 0.0369. The van der Waals surface area contributed by atoms with Gasteiger partial charge in [-0.05, 0) is 50.1 Å². The van der Waals surface area contributed by atoms with E-state index in [1.54, 1.807) is 0 Å². The van der Waals surface area contributed by atoms with Gasteiger partial charge in [0, 0.05) is 17.8 Å². The highest BCUT2D eigenvalue weighted by Gasteiger charge is 2.13. The molecule has 2 aromatic carbocycles. The van der Waals surface area contributed by atoms with Crippen molar-refractivity contribution in [1.29, 1.82) is 0 Å². The molecule has 0 bridgehead atoms. The first kappa shape index (κ1) is 17.8. The summed E-state index contributed by atoms with van der Waals surface area (Å²) in [4.78, 5) is 16.9. The molecule has 0 aliphatic rings. The van der Waals surface area contributed by atoms with E-state index in [1.807, 2.05) is 43.7 Å². The smallest absolute Gasteiger partial charge is 0.234 e. The predicted molar refractivity (Wildman–Crippen MR) is 106 cm³/mol. The van der Waals surface area contributed by atoms with Gasteiger partial charge in [0.2, 0.25) is 5.91 Å². The van der Waals surface area contributed by atoms with Gasteiger partial charge in [0.25, 0.3) is 0 Å². The number of halogens is 1. The van der Waals surface area contributed by atoms with Gasteiger partial charge >= 0.3 is 0 Å². The SMILES string of the molecule is Cc1cc(C)c(NC(=O)CSc2nc3cc(Cl)ccc3n2C)c(C)c1. The van der Waals surface area contributed by atoms with E-state index in [2.05, 4.69) is 29.4 Å². The maximum atomic E-state index is 12.4. The van der Waals surface area contributed by atoms with Gasteiger partial charge < -0.3 is 9.88 Å². The first-order chi connectivity index (χ1) is 11.8. The highest BCUT2D eigenvalue weighted by molar-refractivity contribution is 7.99. The maximum Gasteiger partial charge on any atom is 0.234 e. The second-order valence-corrected chi connectivity index (χ2v) is 7.58. The van der Waals surface area contributed by atoms with E-state index in [0.717, 1.165) is 33.0 Å². The van der Waals surface area contributed by atoms with Gasteiger partial charge in [-0.15, -0.1) is 0 Å². The Bertz CT molecular complexity index is 942. The Morgan fingerprint density at radius 1 is 1.20 bits per heavy atom. The second kappa shape index (κ2) is 7.10. The van der Waals surface area contributed by atoms with Crippen LogP contribution in [0.2, 0.25) is 5.02 Å². The largest absolute Gasteiger partial charge is 0.325 e. The molecule has 25 heavy (non-hydrogen) atoms. The number of amides is 1. The van der Waals surface area contributed by atoms with Gasteiger partial charge in [-0.1, -0.05) is 41.1 Å². The van der Waals surface area contributed by atoms with Crippen LogP contribution in [0.15, 0.2) is 35.5 Å². The van der Waals surface area contributed by atoms with Crippen LogP contribution in [0.3, 0.4) is 0 Å². The van der Waals surface area contributed by atoms with E-state index in [9.17, 15) is 4.79 Å². The lowest BCUT2D eigenvalue weighted by molar-refractivity contribution is -0.113. The van der Waals surface area contributed by atoms with Crippen molar-refractivity contribution < 1.29 is 4.79 Å². The number of thioether (sulfide) groups is 1. The third-order valence-electron chi connectivity index (χ3n) is 4.08. The zero-order valence-corrected chi connectivity index (χ0v) is 16.3. The molecule has 3 rings (SSSR count). The van der Waals surface area contributed by atoms with E-state index in [0.29, 0.717) is 10.8 Å². The van der Waals surface area contributed by atoms with Gasteiger partial charge in [-0.2, -0.15) is 0 Å². The number of carbonyl (C=O) groups excluding carboxylic acids is 1. The zero-order chi connectivity index (χ0) is 18.1. The number of aromatic nitrogens is 2. The molecule has 1 aromatic heterocycles. The molecule has 0 fully saturated rings. The molecule has 0 unspecified atom stereocenters. The Morgan fingerprint density at radius 2 is 1.88 bits per heavy atom. The summed E-state index contributed by atoms with van der Waals surface area (Å²) in [6.07, 6.45) is 0. The van der Waals surface area contributed by atoms with Crippen LogP contribution < -0.4 is 5.32 Å². The fourth-order valence-corrected chi connectivity index (χ4v) is 3.92. The van der Waals surface area contributed by atoms with Crippen LogP contribution in [0, 0.1) is 20.8 Å². The lowest BCUT2D eigenvalue weighted by Gasteiger charge is -2.12. The van der Waals surface area contributed by atoms with Crippen molar-refractivity contribution in [3.8, 4) is 0 Å². The summed E-state index contributed by atoms with van der Waals surface area (Å²) in [6, 6.07) is 9.76. The molecule has 3 aromatic rings. The lowest BCUT2D eigenvalue weighted by Crippen LogP contribution is -2.16. The minimum atomic E-state index is -0.0369. The van der Waals surface area contributed by atoms with Crippen molar-refractivity contribution in [1.82, 2.24) is 9.55 Å². The molecule has 0 radical (unpaired) electrons. The lowest BCUT2D eigenvalue weighted by atomic mass is 10.1. The van der Waals surface area contributed by atoms with Gasteiger partial charge in [0.1, 0.15) is 0 Å². The van der Waals surface area contributed by atoms with Crippen LogP contribution in [0.1, 0.15) is 16.7 Å². The maximum absolute atomic E-state index is 12.4. The highest BCUT2D eigenvalue weighted by atomic mass is 35.5. The topological polar surface area (TPSA) is 46.9 Å². The summed E-state index contributed by atoms with van der Waals surface area (Å²) in [5.74, 6) is 0.266. The number of carbonyl (C=O) groups is 1. The van der Waals surface area contributed by atoms with Crippen molar-refractivity contribution in [2.45, 2.75) is 25.9 Å². The summed E-state index contributed by atoms with van der Waals surface area (Å²) in [5.41, 5.74) is 6.08. The zero-order valence-electron chi connectivity index (χ0n) is 14.7. The van der Waals surface area contributed by atoms with Crippen molar-refractivity contribution in [2.24, 2.45) is 7.05 Å². The van der Waals surface area contributed by atoms with Crippen LogP contribution in [0.25, 0.3) is 11.0 Å². The van der Waals surface area contributed by atoms with Crippen molar-refractivity contribution in [3.63, 3.8) is 0 Å². The Balaban J connectivity index is 1.72. The molecular formula is C19H20ClN3OS. The summed E-state index contributed by atoms with van der Waals surface area (Å²) >= 11 is 7.44. The summed E-state index contributed by atoms with van der Waals surface area (Å²) in [7, 11) is 1.94. The van der Waals surface area contributed by atoms with Crippen molar-refractivity contribution in [2.75, 3.05) is 11.1 Å². The first-order valence-electron chi connectivity index (χ1n) is 7.97. The van der Waals surface area contributed by atoms with Gasteiger partial charge in [0.15, 0.2) is 5.16 Å². The van der Waals surface area contributed by atoms with Crippen LogP contribution >= 0.6 is 23.4 Å². The number of anilines is 1. The number of hydrogen-bond donors (Lipinski definition) is 1. The molecule has 0 aliphatic carbocycles. The molecule has 1 amide bonds. The number of rotatable bonds is 4. The molecule has 0 atom stereocenters. The number of fused-ring (bicyclic) bond motifs is 1. The second-order valence-electron chi connectivity index (χ2n) is 6.20. The van der Waals surface area contributed by atoms with Crippen LogP contribution in [-0.4, -0.2) is 21.2 Å². The van der Waals surface area contributed by atoms with Crippen molar-refractivity contribution >= 4 is 46.0 Å². The van der Waals surface area contributed by atoms with E-state index >= 15 is 0 Å². The normalized spacial score (nSPS) is 11.1. The fourth-order valence-electron chi connectivity index (χ4n) is 2.96. The molecular weight excluding hydrogens is 354 g/mol. The Hall–Kier alpha value is -1.98. The van der Waals surface area contributed by atoms with Crippen LogP contribution in [0.5, 0.6) is 0 Å². The van der Waals surface area contributed by atoms with E-state index < -0.39 is 0 Å². The summed E-state index contributed by atoms with van der Waals surface area (Å²) < 4.78 is 1.98. The quantitative estimate of drug-likeness (QED) is 0.663. The predicted octanol–water partition coefficient (Wildman–Crippen LogP) is 4.88.